The minimum absolute atomic E-state index is 0.0399. The van der Waals surface area contributed by atoms with Crippen LogP contribution < -0.4 is 4.90 Å². The molecule has 3 aromatic rings. The van der Waals surface area contributed by atoms with E-state index in [4.69, 9.17) is 23.2 Å². The summed E-state index contributed by atoms with van der Waals surface area (Å²) in [4.78, 5) is 26.3. The quantitative estimate of drug-likeness (QED) is 0.498. The third-order valence-corrected chi connectivity index (χ3v) is 5.25. The molecule has 0 fully saturated rings. The Labute approximate surface area is 183 Å². The van der Waals surface area contributed by atoms with Crippen LogP contribution in [0, 0.1) is 0 Å². The molecule has 30 heavy (non-hydrogen) atoms. The SMILES string of the molecule is O=C(O)c1ccc(Cl)c(N2C(=O)C(=Cc3ccccc3)C=C2c2ccc(Cl)cc2)c1. The number of carboxylic acid groups (broad SMARTS) is 1. The Balaban J connectivity index is 1.88. The summed E-state index contributed by atoms with van der Waals surface area (Å²) in [6, 6.07) is 20.8. The standard InChI is InChI=1S/C24H15Cl2NO3/c25-19-9-6-16(7-10-19)21-14-18(12-15-4-2-1-3-5-15)23(28)27(21)22-13-17(24(29)30)8-11-20(22)26/h1-14H,(H,29,30). The molecule has 1 aliphatic rings. The molecule has 0 aliphatic carbocycles. The van der Waals surface area contributed by atoms with E-state index in [0.29, 0.717) is 22.0 Å². The van der Waals surface area contributed by atoms with Gasteiger partial charge in [-0.3, -0.25) is 9.69 Å². The monoisotopic (exact) mass is 435 g/mol. The first-order valence-electron chi connectivity index (χ1n) is 9.06. The van der Waals surface area contributed by atoms with Gasteiger partial charge in [0.25, 0.3) is 5.91 Å². The van der Waals surface area contributed by atoms with Crippen LogP contribution in [0.2, 0.25) is 10.0 Å². The number of amides is 1. The van der Waals surface area contributed by atoms with Gasteiger partial charge in [-0.05, 0) is 53.6 Å². The number of anilines is 1. The topological polar surface area (TPSA) is 57.6 Å². The molecule has 0 saturated carbocycles. The Bertz CT molecular complexity index is 1200. The average Bonchev–Trinajstić information content (AvgIpc) is 3.05. The van der Waals surface area contributed by atoms with E-state index in [2.05, 4.69) is 0 Å². The second-order valence-electron chi connectivity index (χ2n) is 6.66. The van der Waals surface area contributed by atoms with E-state index in [1.54, 1.807) is 36.4 Å². The van der Waals surface area contributed by atoms with E-state index in [0.717, 1.165) is 11.1 Å². The highest BCUT2D eigenvalue weighted by Gasteiger charge is 2.32. The Kier molecular flexibility index (Phi) is 5.44. The van der Waals surface area contributed by atoms with Crippen molar-refractivity contribution in [1.29, 1.82) is 0 Å². The third kappa shape index (κ3) is 3.88. The van der Waals surface area contributed by atoms with Gasteiger partial charge in [-0.15, -0.1) is 0 Å². The predicted octanol–water partition coefficient (Wildman–Crippen LogP) is 6.16. The largest absolute Gasteiger partial charge is 0.478 e. The molecule has 1 heterocycles. The van der Waals surface area contributed by atoms with Crippen LogP contribution in [0.3, 0.4) is 0 Å². The zero-order valence-electron chi connectivity index (χ0n) is 15.5. The zero-order valence-corrected chi connectivity index (χ0v) is 17.1. The molecule has 148 valence electrons. The lowest BCUT2D eigenvalue weighted by Gasteiger charge is -2.22. The van der Waals surface area contributed by atoms with Crippen LogP contribution in [-0.4, -0.2) is 17.0 Å². The van der Waals surface area contributed by atoms with Gasteiger partial charge in [-0.1, -0.05) is 65.7 Å². The first-order chi connectivity index (χ1) is 14.4. The fourth-order valence-corrected chi connectivity index (χ4v) is 3.56. The summed E-state index contributed by atoms with van der Waals surface area (Å²) < 4.78 is 0. The van der Waals surface area contributed by atoms with E-state index in [9.17, 15) is 14.7 Å². The van der Waals surface area contributed by atoms with E-state index < -0.39 is 5.97 Å². The van der Waals surface area contributed by atoms with Gasteiger partial charge in [-0.25, -0.2) is 4.79 Å². The van der Waals surface area contributed by atoms with Crippen molar-refractivity contribution in [1.82, 2.24) is 0 Å². The maximum Gasteiger partial charge on any atom is 0.335 e. The van der Waals surface area contributed by atoms with Crippen molar-refractivity contribution in [2.45, 2.75) is 0 Å². The van der Waals surface area contributed by atoms with Crippen LogP contribution in [0.1, 0.15) is 21.5 Å². The number of aromatic carboxylic acids is 1. The van der Waals surface area contributed by atoms with Crippen molar-refractivity contribution < 1.29 is 14.7 Å². The van der Waals surface area contributed by atoms with Crippen LogP contribution in [0.4, 0.5) is 5.69 Å². The molecule has 4 rings (SSSR count). The Morgan fingerprint density at radius 3 is 2.30 bits per heavy atom. The lowest BCUT2D eigenvalue weighted by atomic mass is 10.1. The van der Waals surface area contributed by atoms with E-state index in [1.807, 2.05) is 30.3 Å². The van der Waals surface area contributed by atoms with E-state index in [-0.39, 0.29) is 16.5 Å². The molecule has 4 nitrogen and oxygen atoms in total. The lowest BCUT2D eigenvalue weighted by Crippen LogP contribution is -2.25. The van der Waals surface area contributed by atoms with Gasteiger partial charge in [0.2, 0.25) is 0 Å². The van der Waals surface area contributed by atoms with Crippen LogP contribution in [-0.2, 0) is 4.79 Å². The molecule has 1 aliphatic heterocycles. The highest BCUT2D eigenvalue weighted by Crippen LogP contribution is 2.39. The van der Waals surface area contributed by atoms with Crippen LogP contribution in [0.25, 0.3) is 11.8 Å². The molecule has 1 amide bonds. The van der Waals surface area contributed by atoms with Crippen LogP contribution >= 0.6 is 23.2 Å². The van der Waals surface area contributed by atoms with E-state index in [1.165, 1.54) is 23.1 Å². The number of hydrogen-bond acceptors (Lipinski definition) is 2. The number of hydrogen-bond donors (Lipinski definition) is 1. The van der Waals surface area contributed by atoms with Gasteiger partial charge < -0.3 is 5.11 Å². The number of benzene rings is 3. The Morgan fingerprint density at radius 1 is 0.933 bits per heavy atom. The molecule has 0 saturated heterocycles. The fourth-order valence-electron chi connectivity index (χ4n) is 3.23. The van der Waals surface area contributed by atoms with Crippen molar-refractivity contribution in [3.05, 3.63) is 111 Å². The molecule has 0 aromatic heterocycles. The maximum atomic E-state index is 13.4. The average molecular weight is 436 g/mol. The number of rotatable bonds is 4. The maximum absolute atomic E-state index is 13.4. The lowest BCUT2D eigenvalue weighted by molar-refractivity contribution is -0.113. The first kappa shape index (κ1) is 20.0. The normalized spacial score (nSPS) is 14.9. The molecule has 0 radical (unpaired) electrons. The summed E-state index contributed by atoms with van der Waals surface area (Å²) in [5.74, 6) is -1.40. The summed E-state index contributed by atoms with van der Waals surface area (Å²) in [5, 5.41) is 10.2. The van der Waals surface area contributed by atoms with Crippen LogP contribution in [0.5, 0.6) is 0 Å². The van der Waals surface area contributed by atoms with Crippen molar-refractivity contribution >= 4 is 52.5 Å². The van der Waals surface area contributed by atoms with Gasteiger partial charge >= 0.3 is 5.97 Å². The minimum atomic E-state index is -1.10. The molecule has 0 unspecified atom stereocenters. The fraction of sp³-hybridized carbons (Fsp3) is 0. The minimum Gasteiger partial charge on any atom is -0.478 e. The molecule has 6 heteroatoms. The molecule has 0 bridgehead atoms. The molecule has 1 N–H and O–H groups in total. The highest BCUT2D eigenvalue weighted by atomic mass is 35.5. The molecule has 0 atom stereocenters. The Hall–Kier alpha value is -3.34. The van der Waals surface area contributed by atoms with Gasteiger partial charge in [0.05, 0.1) is 22.0 Å². The predicted molar refractivity (Wildman–Crippen MR) is 120 cm³/mol. The van der Waals surface area contributed by atoms with Crippen molar-refractivity contribution in [2.75, 3.05) is 4.90 Å². The zero-order chi connectivity index (χ0) is 21.3. The second kappa shape index (κ2) is 8.19. The molecular weight excluding hydrogens is 421 g/mol. The molecule has 3 aromatic carbocycles. The summed E-state index contributed by atoms with van der Waals surface area (Å²) in [6.07, 6.45) is 3.55. The number of nitrogens with zero attached hydrogens (tertiary/aromatic N) is 1. The summed E-state index contributed by atoms with van der Waals surface area (Å²) in [5.41, 5.74) is 3.02. The van der Waals surface area contributed by atoms with Gasteiger partial charge in [-0.2, -0.15) is 0 Å². The number of carbonyl (C=O) groups excluding carboxylic acids is 1. The summed E-state index contributed by atoms with van der Waals surface area (Å²) >= 11 is 12.4. The number of halogens is 2. The van der Waals surface area contributed by atoms with Crippen molar-refractivity contribution in [2.24, 2.45) is 0 Å². The van der Waals surface area contributed by atoms with Gasteiger partial charge in [0.15, 0.2) is 0 Å². The third-order valence-electron chi connectivity index (χ3n) is 4.68. The molecular formula is C24H15Cl2NO3. The van der Waals surface area contributed by atoms with Crippen LogP contribution in [0.15, 0.2) is 84.4 Å². The number of carbonyl (C=O) groups is 2. The second-order valence-corrected chi connectivity index (χ2v) is 7.50. The molecule has 0 spiro atoms. The highest BCUT2D eigenvalue weighted by molar-refractivity contribution is 6.36. The summed E-state index contributed by atoms with van der Waals surface area (Å²) in [6.45, 7) is 0. The van der Waals surface area contributed by atoms with Crippen molar-refractivity contribution in [3.8, 4) is 0 Å². The first-order valence-corrected chi connectivity index (χ1v) is 9.81. The van der Waals surface area contributed by atoms with Gasteiger partial charge in [0.1, 0.15) is 0 Å². The number of carboxylic acids is 1. The van der Waals surface area contributed by atoms with Gasteiger partial charge in [0, 0.05) is 10.6 Å². The van der Waals surface area contributed by atoms with E-state index >= 15 is 0 Å². The Morgan fingerprint density at radius 2 is 1.63 bits per heavy atom. The smallest absolute Gasteiger partial charge is 0.335 e. The summed E-state index contributed by atoms with van der Waals surface area (Å²) in [7, 11) is 0. The van der Waals surface area contributed by atoms with Crippen molar-refractivity contribution in [3.63, 3.8) is 0 Å².